The van der Waals surface area contributed by atoms with Gasteiger partial charge in [0.2, 0.25) is 0 Å². The van der Waals surface area contributed by atoms with E-state index in [1.54, 1.807) is 58.4 Å². The second kappa shape index (κ2) is 9.34. The van der Waals surface area contributed by atoms with Crippen molar-refractivity contribution in [3.05, 3.63) is 86.7 Å². The first-order valence-corrected chi connectivity index (χ1v) is 11.0. The van der Waals surface area contributed by atoms with Gasteiger partial charge in [0.1, 0.15) is 28.8 Å². The fourth-order valence-corrected chi connectivity index (χ4v) is 3.80. The van der Waals surface area contributed by atoms with Crippen LogP contribution in [0.2, 0.25) is 0 Å². The molecule has 0 saturated carbocycles. The second-order valence-electron chi connectivity index (χ2n) is 8.29. The average Bonchev–Trinajstić information content (AvgIpc) is 3.15. The van der Waals surface area contributed by atoms with Crippen molar-refractivity contribution in [1.82, 2.24) is 28.9 Å². The third-order valence-corrected chi connectivity index (χ3v) is 5.25. The highest BCUT2D eigenvalue weighted by Gasteiger charge is 2.16. The van der Waals surface area contributed by atoms with Crippen molar-refractivity contribution in [2.24, 2.45) is 0 Å². The minimum atomic E-state index is -0.233. The first-order chi connectivity index (χ1) is 16.3. The van der Waals surface area contributed by atoms with Crippen molar-refractivity contribution in [3.63, 3.8) is 0 Å². The number of anilines is 2. The van der Waals surface area contributed by atoms with Crippen molar-refractivity contribution in [2.45, 2.75) is 40.3 Å². The van der Waals surface area contributed by atoms with Gasteiger partial charge in [0, 0.05) is 37.2 Å². The largest absolute Gasteiger partial charge is 0.384 e. The van der Waals surface area contributed by atoms with E-state index in [-0.39, 0.29) is 23.7 Å². The quantitative estimate of drug-likeness (QED) is 0.436. The lowest BCUT2D eigenvalue weighted by molar-refractivity contribution is 0.624. The molecule has 0 aliphatic rings. The van der Waals surface area contributed by atoms with Gasteiger partial charge in [-0.05, 0) is 58.0 Å². The number of aryl methyl sites for hydroxylation is 2. The first-order valence-electron chi connectivity index (χ1n) is 11.0. The maximum absolute atomic E-state index is 13.2. The predicted molar refractivity (Wildman–Crippen MR) is 132 cm³/mol. The molecule has 0 aromatic carbocycles. The van der Waals surface area contributed by atoms with Gasteiger partial charge in [0.15, 0.2) is 0 Å². The Balaban J connectivity index is 1.85. The number of hydrogen-bond acceptors (Lipinski definition) is 7. The Morgan fingerprint density at radius 3 is 2.53 bits per heavy atom. The third-order valence-electron chi connectivity index (χ3n) is 5.25. The Labute approximate surface area is 196 Å². The molecule has 0 aliphatic heterocycles. The molecule has 10 heteroatoms. The Morgan fingerprint density at radius 2 is 1.82 bits per heavy atom. The predicted octanol–water partition coefficient (Wildman–Crippen LogP) is 2.50. The Kier molecular flexibility index (Phi) is 6.31. The molecule has 4 aromatic heterocycles. The average molecular weight is 461 g/mol. The van der Waals surface area contributed by atoms with E-state index in [2.05, 4.69) is 25.7 Å². The van der Waals surface area contributed by atoms with Gasteiger partial charge >= 0.3 is 0 Å². The zero-order valence-electron chi connectivity index (χ0n) is 19.9. The van der Waals surface area contributed by atoms with E-state index in [0.29, 0.717) is 34.5 Å². The van der Waals surface area contributed by atoms with Gasteiger partial charge in [-0.1, -0.05) is 0 Å². The molecular weight excluding hydrogens is 432 g/mol. The minimum Gasteiger partial charge on any atom is -0.384 e. The number of nitrogens with zero attached hydrogens (tertiary/aromatic N) is 6. The van der Waals surface area contributed by atoms with E-state index in [1.807, 2.05) is 39.0 Å². The summed E-state index contributed by atoms with van der Waals surface area (Å²) in [6.45, 7) is 7.85. The molecule has 2 N–H and O–H groups in total. The molecule has 4 aromatic rings. The summed E-state index contributed by atoms with van der Waals surface area (Å²) >= 11 is 0. The van der Waals surface area contributed by atoms with Crippen LogP contribution in [-0.4, -0.2) is 42.0 Å². The van der Waals surface area contributed by atoms with Crippen LogP contribution in [0.3, 0.4) is 0 Å². The monoisotopic (exact) mass is 460 g/mol. The van der Waals surface area contributed by atoms with Gasteiger partial charge in [-0.2, -0.15) is 5.10 Å². The summed E-state index contributed by atoms with van der Waals surface area (Å²) in [5, 5.41) is 10.7. The van der Waals surface area contributed by atoms with Crippen molar-refractivity contribution >= 4 is 11.4 Å². The molecule has 4 heterocycles. The summed E-state index contributed by atoms with van der Waals surface area (Å²) in [7, 11) is 1.70. The van der Waals surface area contributed by atoms with Crippen molar-refractivity contribution in [2.75, 3.05) is 17.7 Å². The van der Waals surface area contributed by atoms with Gasteiger partial charge in [0.25, 0.3) is 11.1 Å². The number of rotatable bonds is 7. The molecule has 0 unspecified atom stereocenters. The van der Waals surface area contributed by atoms with Gasteiger partial charge in [-0.15, -0.1) is 0 Å². The van der Waals surface area contributed by atoms with E-state index in [1.165, 1.54) is 0 Å². The normalized spacial score (nSPS) is 11.1. The lowest BCUT2D eigenvalue weighted by Gasteiger charge is -2.16. The Bertz CT molecular complexity index is 1450. The lowest BCUT2D eigenvalue weighted by atomic mass is 10.3. The van der Waals surface area contributed by atoms with Crippen molar-refractivity contribution in [3.8, 4) is 11.6 Å². The number of aromatic nitrogens is 6. The molecule has 0 saturated heterocycles. The summed E-state index contributed by atoms with van der Waals surface area (Å²) in [6.07, 6.45) is 3.34. The van der Waals surface area contributed by atoms with Crippen LogP contribution in [0.1, 0.15) is 31.1 Å². The van der Waals surface area contributed by atoms with Crippen LogP contribution in [0.5, 0.6) is 0 Å². The fourth-order valence-electron chi connectivity index (χ4n) is 3.80. The summed E-state index contributed by atoms with van der Waals surface area (Å²) in [5.74, 6) is 1.63. The van der Waals surface area contributed by atoms with Crippen LogP contribution in [0.15, 0.2) is 58.4 Å². The molecule has 0 aliphatic carbocycles. The standard InChI is InChI=1S/C24H28N8O2/c1-15(2)27-20-7-6-12-30(23(20)33)22-13-16(3)29-31(22)14-18-8-9-19(25-5)24(34)32(18)21-10-11-26-17(4)28-21/h6-13,15,25,27H,14H2,1-5H3. The highest BCUT2D eigenvalue weighted by molar-refractivity contribution is 5.45. The SMILES string of the molecule is CNc1ccc(Cn2nc(C)cc2-n2cccc(NC(C)C)c2=O)n(-c2ccnc(C)n2)c1=O. The number of nitrogens with one attached hydrogen (secondary N) is 2. The van der Waals surface area contributed by atoms with Gasteiger partial charge < -0.3 is 10.6 Å². The maximum Gasteiger partial charge on any atom is 0.279 e. The fraction of sp³-hybridized carbons (Fsp3) is 0.292. The molecule has 0 radical (unpaired) electrons. The van der Waals surface area contributed by atoms with Crippen LogP contribution >= 0.6 is 0 Å². The zero-order chi connectivity index (χ0) is 24.4. The van der Waals surface area contributed by atoms with E-state index in [4.69, 9.17) is 0 Å². The van der Waals surface area contributed by atoms with E-state index < -0.39 is 0 Å². The third kappa shape index (κ3) is 4.47. The molecule has 0 atom stereocenters. The topological polar surface area (TPSA) is 112 Å². The highest BCUT2D eigenvalue weighted by Crippen LogP contribution is 2.16. The van der Waals surface area contributed by atoms with Crippen LogP contribution in [-0.2, 0) is 6.54 Å². The van der Waals surface area contributed by atoms with Crippen LogP contribution in [0.25, 0.3) is 11.6 Å². The first kappa shape index (κ1) is 23.0. The second-order valence-corrected chi connectivity index (χ2v) is 8.29. The summed E-state index contributed by atoms with van der Waals surface area (Å²) < 4.78 is 4.82. The molecule has 4 rings (SSSR count). The maximum atomic E-state index is 13.2. The highest BCUT2D eigenvalue weighted by atomic mass is 16.1. The van der Waals surface area contributed by atoms with Gasteiger partial charge in [-0.25, -0.2) is 14.6 Å². The Morgan fingerprint density at radius 1 is 1.03 bits per heavy atom. The molecule has 0 fully saturated rings. The summed E-state index contributed by atoms with van der Waals surface area (Å²) in [4.78, 5) is 35.0. The number of pyridine rings is 2. The summed E-state index contributed by atoms with van der Waals surface area (Å²) in [5.41, 5.74) is 1.96. The van der Waals surface area contributed by atoms with Crippen LogP contribution in [0, 0.1) is 13.8 Å². The molecular formula is C24H28N8O2. The number of hydrogen-bond donors (Lipinski definition) is 2. The summed E-state index contributed by atoms with van der Waals surface area (Å²) in [6, 6.07) is 10.8. The van der Waals surface area contributed by atoms with Crippen LogP contribution in [0.4, 0.5) is 11.4 Å². The van der Waals surface area contributed by atoms with E-state index in [9.17, 15) is 9.59 Å². The van der Waals surface area contributed by atoms with E-state index >= 15 is 0 Å². The Hall–Kier alpha value is -4.21. The molecule has 0 amide bonds. The molecule has 0 spiro atoms. The molecule has 10 nitrogen and oxygen atoms in total. The lowest BCUT2D eigenvalue weighted by Crippen LogP contribution is -2.28. The molecule has 0 bridgehead atoms. The van der Waals surface area contributed by atoms with Crippen molar-refractivity contribution in [1.29, 1.82) is 0 Å². The zero-order valence-corrected chi connectivity index (χ0v) is 19.9. The van der Waals surface area contributed by atoms with Gasteiger partial charge in [-0.3, -0.25) is 18.7 Å². The molecule has 34 heavy (non-hydrogen) atoms. The van der Waals surface area contributed by atoms with Gasteiger partial charge in [0.05, 0.1) is 12.2 Å². The van der Waals surface area contributed by atoms with Crippen molar-refractivity contribution < 1.29 is 0 Å². The molecule has 176 valence electrons. The van der Waals surface area contributed by atoms with Crippen LogP contribution < -0.4 is 21.8 Å². The van der Waals surface area contributed by atoms with E-state index in [0.717, 1.165) is 5.69 Å². The smallest absolute Gasteiger partial charge is 0.279 e. The minimum absolute atomic E-state index is 0.117.